The molecule has 0 amide bonds. The lowest BCUT2D eigenvalue weighted by atomic mass is 9.83. The van der Waals surface area contributed by atoms with Crippen LogP contribution in [0.5, 0.6) is 0 Å². The van der Waals surface area contributed by atoms with Crippen LogP contribution in [0.1, 0.15) is 57.8 Å². The van der Waals surface area contributed by atoms with E-state index in [2.05, 4.69) is 10.2 Å². The van der Waals surface area contributed by atoms with Crippen molar-refractivity contribution in [3.8, 4) is 0 Å². The maximum absolute atomic E-state index is 11.7. The Balaban J connectivity index is 1.58. The van der Waals surface area contributed by atoms with Crippen molar-refractivity contribution in [2.75, 3.05) is 20.1 Å². The maximum atomic E-state index is 11.7. The largest absolute Gasteiger partial charge is 0.480 e. The molecule has 3 aliphatic rings. The molecule has 1 aliphatic heterocycles. The zero-order valence-electron chi connectivity index (χ0n) is 13.3. The van der Waals surface area contributed by atoms with Gasteiger partial charge in [0.15, 0.2) is 0 Å². The molecule has 0 aromatic rings. The lowest BCUT2D eigenvalue weighted by Gasteiger charge is -2.35. The summed E-state index contributed by atoms with van der Waals surface area (Å²) in [6, 6.07) is 0.800. The highest BCUT2D eigenvalue weighted by atomic mass is 16.4. The number of likely N-dealkylation sites (tertiary alicyclic amines) is 1. The number of carboxylic acids is 1. The zero-order chi connectivity index (χ0) is 14.9. The smallest absolute Gasteiger partial charge is 0.324 e. The number of aliphatic carboxylic acids is 1. The van der Waals surface area contributed by atoms with Crippen LogP contribution in [-0.4, -0.2) is 47.7 Å². The molecule has 3 fully saturated rings. The maximum Gasteiger partial charge on any atom is 0.324 e. The summed E-state index contributed by atoms with van der Waals surface area (Å²) in [5.41, 5.74) is -0.661. The highest BCUT2D eigenvalue weighted by Crippen LogP contribution is 2.40. The quantitative estimate of drug-likeness (QED) is 0.818. The molecule has 3 rings (SSSR count). The van der Waals surface area contributed by atoms with E-state index in [1.165, 1.54) is 38.6 Å². The SMILES string of the molecule is CNC1(C(=O)O)CCCC1CCN1CCC2CCCCC21. The molecule has 4 atom stereocenters. The number of rotatable bonds is 5. The third-order valence-electron chi connectivity index (χ3n) is 6.54. The third-order valence-corrected chi connectivity index (χ3v) is 6.54. The molecule has 2 saturated carbocycles. The number of fused-ring (bicyclic) bond motifs is 1. The van der Waals surface area contributed by atoms with Crippen LogP contribution < -0.4 is 5.32 Å². The van der Waals surface area contributed by atoms with Gasteiger partial charge in [0.25, 0.3) is 0 Å². The second-order valence-electron chi connectivity index (χ2n) is 7.34. The Bertz CT molecular complexity index is 387. The van der Waals surface area contributed by atoms with E-state index in [1.54, 1.807) is 0 Å². The van der Waals surface area contributed by atoms with Gasteiger partial charge in [0.1, 0.15) is 5.54 Å². The van der Waals surface area contributed by atoms with Gasteiger partial charge in [-0.1, -0.05) is 19.3 Å². The lowest BCUT2D eigenvalue weighted by molar-refractivity contribution is -0.146. The molecule has 4 heteroatoms. The predicted octanol–water partition coefficient (Wildman–Crippen LogP) is 2.48. The Morgan fingerprint density at radius 1 is 1.24 bits per heavy atom. The number of likely N-dealkylation sites (N-methyl/N-ethyl adjacent to an activating group) is 1. The van der Waals surface area contributed by atoms with Crippen LogP contribution in [0, 0.1) is 11.8 Å². The van der Waals surface area contributed by atoms with E-state index in [1.807, 2.05) is 7.05 Å². The summed E-state index contributed by atoms with van der Waals surface area (Å²) in [6.07, 6.45) is 10.9. The molecule has 120 valence electrons. The molecule has 0 spiro atoms. The van der Waals surface area contributed by atoms with E-state index >= 15 is 0 Å². The zero-order valence-corrected chi connectivity index (χ0v) is 13.3. The molecule has 2 aliphatic carbocycles. The first-order chi connectivity index (χ1) is 10.2. The van der Waals surface area contributed by atoms with E-state index in [4.69, 9.17) is 0 Å². The Hall–Kier alpha value is -0.610. The normalized spacial score (nSPS) is 40.3. The molecular weight excluding hydrogens is 264 g/mol. The first-order valence-corrected chi connectivity index (χ1v) is 8.84. The van der Waals surface area contributed by atoms with Gasteiger partial charge in [-0.3, -0.25) is 4.79 Å². The number of nitrogens with one attached hydrogen (secondary N) is 1. The summed E-state index contributed by atoms with van der Waals surface area (Å²) in [6.45, 7) is 2.34. The molecule has 4 nitrogen and oxygen atoms in total. The highest BCUT2D eigenvalue weighted by Gasteiger charge is 2.48. The standard InChI is InChI=1S/C17H30N2O2/c1-18-17(16(20)21)10-4-6-14(17)9-12-19-11-8-13-5-2-3-7-15(13)19/h13-15,18H,2-12H2,1H3,(H,20,21). The number of hydrogen-bond acceptors (Lipinski definition) is 3. The molecule has 1 saturated heterocycles. The van der Waals surface area contributed by atoms with E-state index in [9.17, 15) is 9.90 Å². The summed E-state index contributed by atoms with van der Waals surface area (Å²) >= 11 is 0. The molecular formula is C17H30N2O2. The first kappa shape index (κ1) is 15.3. The molecule has 1 heterocycles. The minimum absolute atomic E-state index is 0.294. The fourth-order valence-corrected chi connectivity index (χ4v) is 5.29. The minimum atomic E-state index is -0.661. The second-order valence-corrected chi connectivity index (χ2v) is 7.34. The monoisotopic (exact) mass is 294 g/mol. The van der Waals surface area contributed by atoms with Gasteiger partial charge in [-0.2, -0.15) is 0 Å². The Morgan fingerprint density at radius 3 is 2.81 bits per heavy atom. The number of carbonyl (C=O) groups is 1. The van der Waals surface area contributed by atoms with Crippen molar-refractivity contribution in [3.63, 3.8) is 0 Å². The van der Waals surface area contributed by atoms with Crippen LogP contribution in [0.3, 0.4) is 0 Å². The molecule has 4 unspecified atom stereocenters. The van der Waals surface area contributed by atoms with Gasteiger partial charge >= 0.3 is 5.97 Å². The predicted molar refractivity (Wildman–Crippen MR) is 83.3 cm³/mol. The summed E-state index contributed by atoms with van der Waals surface area (Å²) < 4.78 is 0. The molecule has 2 N–H and O–H groups in total. The van der Waals surface area contributed by atoms with E-state index in [0.29, 0.717) is 5.92 Å². The van der Waals surface area contributed by atoms with Crippen LogP contribution in [-0.2, 0) is 4.79 Å². The number of nitrogens with zero attached hydrogens (tertiary/aromatic N) is 1. The van der Waals surface area contributed by atoms with Crippen LogP contribution >= 0.6 is 0 Å². The van der Waals surface area contributed by atoms with Crippen molar-refractivity contribution >= 4 is 5.97 Å². The van der Waals surface area contributed by atoms with Crippen molar-refractivity contribution in [1.82, 2.24) is 10.2 Å². The van der Waals surface area contributed by atoms with Crippen LogP contribution in [0.25, 0.3) is 0 Å². The van der Waals surface area contributed by atoms with Crippen LogP contribution in [0.4, 0.5) is 0 Å². The van der Waals surface area contributed by atoms with Crippen molar-refractivity contribution in [1.29, 1.82) is 0 Å². The van der Waals surface area contributed by atoms with Crippen molar-refractivity contribution in [3.05, 3.63) is 0 Å². The van der Waals surface area contributed by atoms with Crippen molar-refractivity contribution in [2.45, 2.75) is 69.4 Å². The Kier molecular flexibility index (Phi) is 4.55. The molecule has 0 aromatic carbocycles. The molecule has 0 bridgehead atoms. The van der Waals surface area contributed by atoms with Crippen molar-refractivity contribution in [2.24, 2.45) is 11.8 Å². The summed E-state index contributed by atoms with van der Waals surface area (Å²) in [5, 5.41) is 12.8. The fraction of sp³-hybridized carbons (Fsp3) is 0.941. The van der Waals surface area contributed by atoms with Gasteiger partial charge in [0, 0.05) is 6.04 Å². The molecule has 0 aromatic heterocycles. The van der Waals surface area contributed by atoms with Crippen LogP contribution in [0.2, 0.25) is 0 Å². The average Bonchev–Trinajstić information content (AvgIpc) is 3.09. The second kappa shape index (κ2) is 6.25. The van der Waals surface area contributed by atoms with Gasteiger partial charge in [-0.25, -0.2) is 0 Å². The highest BCUT2D eigenvalue weighted by molar-refractivity contribution is 5.79. The van der Waals surface area contributed by atoms with Gasteiger partial charge in [0.2, 0.25) is 0 Å². The summed E-state index contributed by atoms with van der Waals surface area (Å²) in [4.78, 5) is 14.4. The van der Waals surface area contributed by atoms with E-state index in [0.717, 1.165) is 44.2 Å². The number of carboxylic acid groups (broad SMARTS) is 1. The number of hydrogen-bond donors (Lipinski definition) is 2. The van der Waals surface area contributed by atoms with Crippen molar-refractivity contribution < 1.29 is 9.90 Å². The average molecular weight is 294 g/mol. The lowest BCUT2D eigenvalue weighted by Crippen LogP contribution is -2.53. The van der Waals surface area contributed by atoms with Crippen LogP contribution in [0.15, 0.2) is 0 Å². The molecule has 21 heavy (non-hydrogen) atoms. The first-order valence-electron chi connectivity index (χ1n) is 8.84. The van der Waals surface area contributed by atoms with Gasteiger partial charge in [-0.05, 0) is 70.5 Å². The summed E-state index contributed by atoms with van der Waals surface area (Å²) in [7, 11) is 1.82. The van der Waals surface area contributed by atoms with Gasteiger partial charge in [0.05, 0.1) is 0 Å². The van der Waals surface area contributed by atoms with E-state index in [-0.39, 0.29) is 0 Å². The summed E-state index contributed by atoms with van der Waals surface area (Å²) in [5.74, 6) is 0.572. The van der Waals surface area contributed by atoms with Gasteiger partial charge in [-0.15, -0.1) is 0 Å². The van der Waals surface area contributed by atoms with E-state index < -0.39 is 11.5 Å². The third kappa shape index (κ3) is 2.72. The Morgan fingerprint density at radius 2 is 2.05 bits per heavy atom. The fourth-order valence-electron chi connectivity index (χ4n) is 5.29. The molecule has 0 radical (unpaired) electrons. The van der Waals surface area contributed by atoms with Gasteiger partial charge < -0.3 is 15.3 Å². The minimum Gasteiger partial charge on any atom is -0.480 e. The Labute approximate surface area is 128 Å². The topological polar surface area (TPSA) is 52.6 Å².